The predicted octanol–water partition coefficient (Wildman–Crippen LogP) is 4.76. The van der Waals surface area contributed by atoms with Crippen molar-refractivity contribution in [2.24, 2.45) is 0 Å². The van der Waals surface area contributed by atoms with Crippen LogP contribution in [-0.2, 0) is 6.54 Å². The summed E-state index contributed by atoms with van der Waals surface area (Å²) < 4.78 is 46.0. The summed E-state index contributed by atoms with van der Waals surface area (Å²) in [6, 6.07) is 8.92. The van der Waals surface area contributed by atoms with Gasteiger partial charge < -0.3 is 14.6 Å². The van der Waals surface area contributed by atoms with E-state index in [1.165, 1.54) is 0 Å². The maximum Gasteiger partial charge on any atom is 0.392 e. The van der Waals surface area contributed by atoms with Gasteiger partial charge in [0.05, 0.1) is 24.1 Å². The molecule has 0 saturated carbocycles. The fraction of sp³-hybridized carbons (Fsp3) is 0.391. The average molecular weight is 474 g/mol. The Bertz CT molecular complexity index is 1170. The molecule has 1 N–H and O–H groups in total. The summed E-state index contributed by atoms with van der Waals surface area (Å²) in [5.74, 6) is 0.869. The molecule has 0 amide bonds. The smallest absolute Gasteiger partial charge is 0.392 e. The Hall–Kier alpha value is -3.65. The van der Waals surface area contributed by atoms with E-state index in [0.29, 0.717) is 29.4 Å². The van der Waals surface area contributed by atoms with Crippen molar-refractivity contribution in [2.45, 2.75) is 46.0 Å². The number of hydrogen-bond donors (Lipinski definition) is 1. The molecule has 1 aliphatic rings. The number of nitrogens with zero attached hydrogens (tertiary/aromatic N) is 6. The molecular formula is C23H26F3N7O. The van der Waals surface area contributed by atoms with Crippen molar-refractivity contribution >= 4 is 11.6 Å². The molecule has 0 spiro atoms. The van der Waals surface area contributed by atoms with Gasteiger partial charge in [-0.3, -0.25) is 4.90 Å². The Labute approximate surface area is 196 Å². The van der Waals surface area contributed by atoms with Crippen LogP contribution >= 0.6 is 0 Å². The van der Waals surface area contributed by atoms with E-state index in [1.807, 2.05) is 20.8 Å². The van der Waals surface area contributed by atoms with Crippen LogP contribution in [0, 0.1) is 18.3 Å². The van der Waals surface area contributed by atoms with Crippen molar-refractivity contribution in [3.05, 3.63) is 53.7 Å². The standard InChI is InChI=1S/C21H20F3N7O.C2H6/c1-13-9-31(12-26-13)17-4-6-18(27-16(17)8-25)28-19-5-3-14-10-30(2)11-15(7-21(22,23)24)32-20(14)29-19;1-2/h3-6,9,12,15H,7,10-11H2,1-2H3,(H,27,28,29);1-2H3. The Balaban J connectivity index is 0.00000158. The van der Waals surface area contributed by atoms with Gasteiger partial charge in [0.15, 0.2) is 5.69 Å². The zero-order valence-corrected chi connectivity index (χ0v) is 19.4. The number of likely N-dealkylation sites (N-methyl/N-ethyl adjacent to an activating group) is 1. The monoisotopic (exact) mass is 473 g/mol. The van der Waals surface area contributed by atoms with Gasteiger partial charge in [-0.05, 0) is 38.2 Å². The van der Waals surface area contributed by atoms with Crippen molar-refractivity contribution in [2.75, 3.05) is 18.9 Å². The molecule has 3 aromatic heterocycles. The number of imidazole rings is 1. The average Bonchev–Trinajstić information content (AvgIpc) is 3.14. The molecule has 1 atom stereocenters. The molecule has 0 radical (unpaired) electrons. The molecule has 4 heterocycles. The van der Waals surface area contributed by atoms with Crippen molar-refractivity contribution < 1.29 is 17.9 Å². The van der Waals surface area contributed by atoms with E-state index in [1.54, 1.807) is 53.3 Å². The Morgan fingerprint density at radius 2 is 1.88 bits per heavy atom. The van der Waals surface area contributed by atoms with Crippen LogP contribution in [0.2, 0.25) is 0 Å². The second-order valence-electron chi connectivity index (χ2n) is 7.64. The lowest BCUT2D eigenvalue weighted by Gasteiger charge is -2.21. The van der Waals surface area contributed by atoms with Crippen LogP contribution in [0.25, 0.3) is 5.69 Å². The number of alkyl halides is 3. The van der Waals surface area contributed by atoms with Crippen LogP contribution in [0.1, 0.15) is 37.2 Å². The molecule has 0 aliphatic carbocycles. The lowest BCUT2D eigenvalue weighted by Crippen LogP contribution is -2.34. The van der Waals surface area contributed by atoms with Crippen molar-refractivity contribution in [3.63, 3.8) is 0 Å². The van der Waals surface area contributed by atoms with Gasteiger partial charge in [-0.25, -0.2) is 9.97 Å². The minimum atomic E-state index is -4.33. The molecule has 4 rings (SSSR count). The lowest BCUT2D eigenvalue weighted by atomic mass is 10.2. The zero-order chi connectivity index (χ0) is 24.9. The lowest BCUT2D eigenvalue weighted by molar-refractivity contribution is -0.151. The number of aryl methyl sites for hydroxylation is 1. The van der Waals surface area contributed by atoms with Crippen LogP contribution in [0.15, 0.2) is 36.8 Å². The first-order valence-corrected chi connectivity index (χ1v) is 10.8. The van der Waals surface area contributed by atoms with Gasteiger partial charge in [0.1, 0.15) is 23.8 Å². The fourth-order valence-electron chi connectivity index (χ4n) is 3.52. The van der Waals surface area contributed by atoms with Crippen LogP contribution in [-0.4, -0.2) is 50.3 Å². The van der Waals surface area contributed by atoms with Crippen LogP contribution in [0.5, 0.6) is 5.88 Å². The van der Waals surface area contributed by atoms with E-state index in [2.05, 4.69) is 26.3 Å². The van der Waals surface area contributed by atoms with E-state index in [4.69, 9.17) is 4.74 Å². The first kappa shape index (κ1) is 25.0. The first-order valence-electron chi connectivity index (χ1n) is 10.8. The van der Waals surface area contributed by atoms with E-state index >= 15 is 0 Å². The number of aromatic nitrogens is 4. The largest absolute Gasteiger partial charge is 0.472 e. The van der Waals surface area contributed by atoms with Crippen LogP contribution in [0.4, 0.5) is 24.8 Å². The van der Waals surface area contributed by atoms with Gasteiger partial charge in [0, 0.05) is 24.8 Å². The molecule has 34 heavy (non-hydrogen) atoms. The number of anilines is 2. The molecule has 1 unspecified atom stereocenters. The molecule has 8 nitrogen and oxygen atoms in total. The summed E-state index contributed by atoms with van der Waals surface area (Å²) in [6.45, 7) is 6.41. The third kappa shape index (κ3) is 6.23. The molecule has 0 saturated heterocycles. The topological polar surface area (TPSA) is 91.9 Å². The van der Waals surface area contributed by atoms with Crippen LogP contribution < -0.4 is 10.1 Å². The maximum atomic E-state index is 12.9. The van der Waals surface area contributed by atoms with E-state index < -0.39 is 18.7 Å². The van der Waals surface area contributed by atoms with Crippen LogP contribution in [0.3, 0.4) is 0 Å². The zero-order valence-electron chi connectivity index (χ0n) is 19.4. The highest BCUT2D eigenvalue weighted by Crippen LogP contribution is 2.30. The van der Waals surface area contributed by atoms with Crippen molar-refractivity contribution in [3.8, 4) is 17.6 Å². The molecule has 0 fully saturated rings. The Morgan fingerprint density at radius 1 is 1.18 bits per heavy atom. The highest BCUT2D eigenvalue weighted by atomic mass is 19.4. The second-order valence-corrected chi connectivity index (χ2v) is 7.64. The van der Waals surface area contributed by atoms with Gasteiger partial charge in [0.25, 0.3) is 0 Å². The summed E-state index contributed by atoms with van der Waals surface area (Å²) in [6.07, 6.45) is -3.06. The number of rotatable bonds is 4. The van der Waals surface area contributed by atoms with E-state index in [0.717, 1.165) is 5.69 Å². The number of pyridine rings is 2. The second kappa shape index (κ2) is 10.5. The molecule has 0 bridgehead atoms. The third-order valence-electron chi connectivity index (χ3n) is 4.86. The Kier molecular flexibility index (Phi) is 7.73. The van der Waals surface area contributed by atoms with Crippen molar-refractivity contribution in [1.29, 1.82) is 5.26 Å². The van der Waals surface area contributed by atoms with Gasteiger partial charge in [-0.1, -0.05) is 13.8 Å². The summed E-state index contributed by atoms with van der Waals surface area (Å²) in [5, 5.41) is 12.5. The minimum absolute atomic E-state index is 0.140. The molecule has 3 aromatic rings. The summed E-state index contributed by atoms with van der Waals surface area (Å²) >= 11 is 0. The number of halogens is 3. The number of nitrogens with one attached hydrogen (secondary N) is 1. The molecule has 1 aliphatic heterocycles. The number of fused-ring (bicyclic) bond motifs is 1. The molecular weight excluding hydrogens is 447 g/mol. The number of ether oxygens (including phenoxy) is 1. The van der Waals surface area contributed by atoms with E-state index in [9.17, 15) is 18.4 Å². The normalized spacial score (nSPS) is 15.8. The van der Waals surface area contributed by atoms with E-state index in [-0.39, 0.29) is 18.1 Å². The number of nitriles is 1. The van der Waals surface area contributed by atoms with Gasteiger partial charge in [-0.15, -0.1) is 0 Å². The predicted molar refractivity (Wildman–Crippen MR) is 121 cm³/mol. The van der Waals surface area contributed by atoms with Crippen molar-refractivity contribution in [1.82, 2.24) is 24.4 Å². The highest BCUT2D eigenvalue weighted by Gasteiger charge is 2.35. The summed E-state index contributed by atoms with van der Waals surface area (Å²) in [5.41, 5.74) is 2.26. The molecule has 180 valence electrons. The number of hydrogen-bond acceptors (Lipinski definition) is 7. The van der Waals surface area contributed by atoms with Gasteiger partial charge in [-0.2, -0.15) is 23.4 Å². The summed E-state index contributed by atoms with van der Waals surface area (Å²) in [7, 11) is 1.74. The highest BCUT2D eigenvalue weighted by molar-refractivity contribution is 5.57. The fourth-order valence-corrected chi connectivity index (χ4v) is 3.52. The SMILES string of the molecule is CC.Cc1cn(-c2ccc(Nc3ccc4c(n3)OC(CC(F)(F)F)CN(C)C4)nc2C#N)cn1. The maximum absolute atomic E-state index is 12.9. The Morgan fingerprint density at radius 3 is 2.53 bits per heavy atom. The minimum Gasteiger partial charge on any atom is -0.472 e. The van der Waals surface area contributed by atoms with Gasteiger partial charge >= 0.3 is 6.18 Å². The third-order valence-corrected chi connectivity index (χ3v) is 4.86. The molecule has 0 aromatic carbocycles. The summed E-state index contributed by atoms with van der Waals surface area (Å²) in [4.78, 5) is 14.6. The van der Waals surface area contributed by atoms with Gasteiger partial charge in [0.2, 0.25) is 5.88 Å². The quantitative estimate of drug-likeness (QED) is 0.584. The molecule has 11 heteroatoms. The first-order chi connectivity index (χ1) is 16.2.